The van der Waals surface area contributed by atoms with Crippen LogP contribution in [0.4, 0.5) is 62.3 Å². The van der Waals surface area contributed by atoms with E-state index in [0.717, 1.165) is 9.80 Å². The summed E-state index contributed by atoms with van der Waals surface area (Å²) in [7, 11) is 3.01. The van der Waals surface area contributed by atoms with Gasteiger partial charge in [-0.05, 0) is 94.0 Å². The van der Waals surface area contributed by atoms with Crippen molar-refractivity contribution in [1.82, 2.24) is 20.4 Å². The highest BCUT2D eigenvalue weighted by molar-refractivity contribution is 5.79. The molecule has 4 atom stereocenters. The highest BCUT2D eigenvalue weighted by Crippen LogP contribution is 2.40. The van der Waals surface area contributed by atoms with Crippen molar-refractivity contribution < 1.29 is 91.4 Å². The summed E-state index contributed by atoms with van der Waals surface area (Å²) in [6, 6.07) is 31.2. The van der Waals surface area contributed by atoms with E-state index in [4.69, 9.17) is 18.9 Å². The molecule has 2 heterocycles. The van der Waals surface area contributed by atoms with Gasteiger partial charge < -0.3 is 39.8 Å². The minimum absolute atomic E-state index is 0.00808. The van der Waals surface area contributed by atoms with Gasteiger partial charge >= 0.3 is 36.8 Å². The van der Waals surface area contributed by atoms with Crippen molar-refractivity contribution in [3.8, 4) is 11.5 Å². The summed E-state index contributed by atoms with van der Waals surface area (Å²) >= 11 is 0. The number of halogens is 12. The van der Waals surface area contributed by atoms with E-state index in [2.05, 4.69) is 10.6 Å². The van der Waals surface area contributed by atoms with E-state index in [0.29, 0.717) is 58.0 Å². The Hall–Kier alpha value is -7.54. The predicted octanol–water partition coefficient (Wildman–Crippen LogP) is 11.4. The molecular formula is C54H48F12N4O8. The lowest BCUT2D eigenvalue weighted by Crippen LogP contribution is -2.50. The van der Waals surface area contributed by atoms with Crippen LogP contribution in [0.3, 0.4) is 0 Å². The maximum Gasteiger partial charge on any atom is 0.416 e. The van der Waals surface area contributed by atoms with Gasteiger partial charge in [-0.2, -0.15) is 52.7 Å². The predicted molar refractivity (Wildman–Crippen MR) is 255 cm³/mol. The van der Waals surface area contributed by atoms with Crippen LogP contribution in [-0.4, -0.2) is 72.0 Å². The number of alkyl halides is 12. The molecule has 0 saturated carbocycles. The number of amides is 4. The molecule has 0 bridgehead atoms. The van der Waals surface area contributed by atoms with Crippen LogP contribution in [0, 0.1) is 0 Å². The molecule has 0 aliphatic carbocycles. The monoisotopic (exact) mass is 1110 g/mol. The Morgan fingerprint density at radius 3 is 1.01 bits per heavy atom. The molecule has 78 heavy (non-hydrogen) atoms. The van der Waals surface area contributed by atoms with E-state index in [-0.39, 0.29) is 36.3 Å². The third-order valence-electron chi connectivity index (χ3n) is 12.7. The SMILES string of the molecule is COc1ccc(CN2C(=O)N[C@](COCc3cc(C(F)(F)F)cc(C(F)(F)F)c3)(c3ccccc3)[C@@H]2O)cc1.COc1ccc(CN2C(=O)N[C@](COCc3cc(C(F)(F)F)cc(C(F)(F)F)c3)(c3ccccc3)[C@H]2O)cc1. The van der Waals surface area contributed by atoms with Gasteiger partial charge in [0.2, 0.25) is 0 Å². The molecule has 2 aliphatic rings. The van der Waals surface area contributed by atoms with Gasteiger partial charge in [0.25, 0.3) is 0 Å². The van der Waals surface area contributed by atoms with Crippen molar-refractivity contribution in [2.24, 2.45) is 0 Å². The van der Waals surface area contributed by atoms with Crippen LogP contribution in [0.1, 0.15) is 55.6 Å². The van der Waals surface area contributed by atoms with Crippen molar-refractivity contribution in [1.29, 1.82) is 0 Å². The summed E-state index contributed by atoms with van der Waals surface area (Å²) in [6.07, 6.45) is -23.0. The average Bonchev–Trinajstić information content (AvgIpc) is 3.99. The number of hydrogen-bond donors (Lipinski definition) is 4. The van der Waals surface area contributed by atoms with E-state index < -0.39 is 109 Å². The summed E-state index contributed by atoms with van der Waals surface area (Å²) < 4.78 is 180. The van der Waals surface area contributed by atoms with E-state index >= 15 is 0 Å². The zero-order valence-corrected chi connectivity index (χ0v) is 41.0. The lowest BCUT2D eigenvalue weighted by Gasteiger charge is -2.33. The second kappa shape index (κ2) is 23.2. The molecular weight excluding hydrogens is 1060 g/mol. The molecule has 0 spiro atoms. The van der Waals surface area contributed by atoms with Gasteiger partial charge in [0, 0.05) is 0 Å². The number of hydrogen-bond acceptors (Lipinski definition) is 8. The fraction of sp³-hybridized carbons (Fsp3) is 0.296. The average molecular weight is 1110 g/mol. The third-order valence-corrected chi connectivity index (χ3v) is 12.7. The van der Waals surface area contributed by atoms with Crippen LogP contribution < -0.4 is 20.1 Å². The molecule has 2 saturated heterocycles. The molecule has 2 fully saturated rings. The zero-order chi connectivity index (χ0) is 56.8. The molecule has 0 unspecified atom stereocenters. The molecule has 2 aliphatic heterocycles. The molecule has 8 rings (SSSR count). The Morgan fingerprint density at radius 2 is 0.744 bits per heavy atom. The first kappa shape index (κ1) is 58.1. The number of nitrogens with one attached hydrogen (secondary N) is 2. The first-order chi connectivity index (χ1) is 36.7. The van der Waals surface area contributed by atoms with Crippen LogP contribution in [-0.2, 0) is 71.6 Å². The fourth-order valence-corrected chi connectivity index (χ4v) is 8.75. The third kappa shape index (κ3) is 13.4. The zero-order valence-electron chi connectivity index (χ0n) is 41.0. The van der Waals surface area contributed by atoms with Crippen LogP contribution in [0.2, 0.25) is 0 Å². The summed E-state index contributed by atoms with van der Waals surface area (Å²) in [6.45, 7) is -2.14. The molecule has 0 radical (unpaired) electrons. The van der Waals surface area contributed by atoms with Gasteiger partial charge in [-0.3, -0.25) is 9.80 Å². The molecule has 4 amide bonds. The number of aliphatic hydroxyl groups is 2. The Kier molecular flexibility index (Phi) is 17.3. The van der Waals surface area contributed by atoms with Crippen LogP contribution >= 0.6 is 0 Å². The van der Waals surface area contributed by atoms with Crippen molar-refractivity contribution in [2.75, 3.05) is 27.4 Å². The topological polar surface area (TPSA) is 142 Å². The molecule has 6 aromatic carbocycles. The Bertz CT molecular complexity index is 2730. The first-order valence-electron chi connectivity index (χ1n) is 23.3. The summed E-state index contributed by atoms with van der Waals surface area (Å²) in [5.41, 5.74) is -7.48. The highest BCUT2D eigenvalue weighted by atomic mass is 19.4. The van der Waals surface area contributed by atoms with E-state index in [9.17, 15) is 72.5 Å². The summed E-state index contributed by atoms with van der Waals surface area (Å²) in [5, 5.41) is 28.1. The maximum absolute atomic E-state index is 13.2. The lowest BCUT2D eigenvalue weighted by molar-refractivity contribution is -0.144. The maximum atomic E-state index is 13.2. The van der Waals surface area contributed by atoms with Crippen molar-refractivity contribution in [3.63, 3.8) is 0 Å². The quantitative estimate of drug-likeness (QED) is 0.0702. The number of ether oxygens (including phenoxy) is 4. The van der Waals surface area contributed by atoms with Crippen molar-refractivity contribution in [2.45, 2.75) is 74.5 Å². The number of carbonyl (C=O) groups excluding carboxylic acids is 2. The number of aliphatic hydroxyl groups excluding tert-OH is 2. The van der Waals surface area contributed by atoms with E-state index in [1.807, 2.05) is 0 Å². The van der Waals surface area contributed by atoms with Crippen LogP contribution in [0.15, 0.2) is 146 Å². The Labute approximate surface area is 437 Å². The molecule has 416 valence electrons. The number of methoxy groups -OCH3 is 2. The van der Waals surface area contributed by atoms with Crippen LogP contribution in [0.5, 0.6) is 11.5 Å². The summed E-state index contributed by atoms with van der Waals surface area (Å²) in [5.74, 6) is 1.20. The smallest absolute Gasteiger partial charge is 0.416 e. The van der Waals surface area contributed by atoms with Gasteiger partial charge in [0.1, 0.15) is 22.6 Å². The number of nitrogens with zero attached hydrogens (tertiary/aromatic N) is 2. The van der Waals surface area contributed by atoms with Gasteiger partial charge in [-0.15, -0.1) is 0 Å². The molecule has 6 aromatic rings. The Morgan fingerprint density at radius 1 is 0.449 bits per heavy atom. The first-order valence-corrected chi connectivity index (χ1v) is 23.3. The normalized spacial score (nSPS) is 19.7. The van der Waals surface area contributed by atoms with E-state index in [1.54, 1.807) is 109 Å². The molecule has 12 nitrogen and oxygen atoms in total. The van der Waals surface area contributed by atoms with Crippen LogP contribution in [0.25, 0.3) is 0 Å². The second-order valence-electron chi connectivity index (χ2n) is 18.0. The minimum atomic E-state index is -5.00. The standard InChI is InChI=1S/2C27H24F6N2O4/c2*1-38-22-9-7-17(8-10-22)14-35-23(36)25(34-24(35)37,19-5-3-2-4-6-19)16-39-15-18-11-20(26(28,29)30)13-21(12-18)27(31,32)33/h2*2-13,23,36H,14-16H2,1H3,(H,34,37)/t23-,25+;23-,25-/m01/s1. The molecule has 0 aromatic heterocycles. The van der Waals surface area contributed by atoms with Crippen molar-refractivity contribution >= 4 is 12.1 Å². The van der Waals surface area contributed by atoms with Gasteiger partial charge in [0.05, 0.1) is 76.0 Å². The number of benzene rings is 6. The second-order valence-corrected chi connectivity index (χ2v) is 18.0. The lowest BCUT2D eigenvalue weighted by atomic mass is 9.89. The van der Waals surface area contributed by atoms with Crippen molar-refractivity contribution in [3.05, 3.63) is 201 Å². The fourth-order valence-electron chi connectivity index (χ4n) is 8.75. The largest absolute Gasteiger partial charge is 0.497 e. The number of rotatable bonds is 16. The minimum Gasteiger partial charge on any atom is -0.497 e. The van der Waals surface area contributed by atoms with Gasteiger partial charge in [-0.25, -0.2) is 9.59 Å². The number of carbonyl (C=O) groups is 2. The summed E-state index contributed by atoms with van der Waals surface area (Å²) in [4.78, 5) is 28.3. The molecule has 24 heteroatoms. The van der Waals surface area contributed by atoms with Gasteiger partial charge in [-0.1, -0.05) is 84.9 Å². The highest BCUT2D eigenvalue weighted by Gasteiger charge is 2.54. The van der Waals surface area contributed by atoms with E-state index in [1.165, 1.54) is 14.2 Å². The number of urea groups is 2. The van der Waals surface area contributed by atoms with Gasteiger partial charge in [0.15, 0.2) is 12.5 Å². The Balaban J connectivity index is 0.000000226. The molecule has 4 N–H and O–H groups in total.